The van der Waals surface area contributed by atoms with Gasteiger partial charge in [-0.3, -0.25) is 4.79 Å². The summed E-state index contributed by atoms with van der Waals surface area (Å²) in [5.74, 6) is 0.260. The first kappa shape index (κ1) is 17.6. The van der Waals surface area contributed by atoms with Gasteiger partial charge < -0.3 is 14.2 Å². The van der Waals surface area contributed by atoms with E-state index >= 15 is 0 Å². The quantitative estimate of drug-likeness (QED) is 0.770. The van der Waals surface area contributed by atoms with Gasteiger partial charge in [-0.15, -0.1) is 0 Å². The predicted molar refractivity (Wildman–Crippen MR) is 99.2 cm³/mol. The molecular weight excluding hydrogens is 328 g/mol. The van der Waals surface area contributed by atoms with Crippen LogP contribution in [0.2, 0.25) is 0 Å². The van der Waals surface area contributed by atoms with Gasteiger partial charge in [-0.1, -0.05) is 12.8 Å². The summed E-state index contributed by atoms with van der Waals surface area (Å²) in [6.45, 7) is 4.69. The van der Waals surface area contributed by atoms with E-state index in [4.69, 9.17) is 4.74 Å². The number of likely N-dealkylation sites (tertiary alicyclic amines) is 1. The molecular formula is C21H30N2O3. The fraction of sp³-hybridized carbons (Fsp3) is 0.714. The number of fused-ring (bicyclic) bond motifs is 1. The Morgan fingerprint density at radius 3 is 2.58 bits per heavy atom. The van der Waals surface area contributed by atoms with Gasteiger partial charge in [0.2, 0.25) is 0 Å². The standard InChI is InChI=1S/C21H30N2O3/c1-14-12-18(15(2)23(14)17-9-10-17)21(25)26-13-20(24)22-11-5-7-16-6-3-4-8-19(16)22/h12,16-17,19H,3-11,13H2,1-2H3/t16-,19+/m1/s1. The zero-order chi connectivity index (χ0) is 18.3. The van der Waals surface area contributed by atoms with Crippen molar-refractivity contribution in [2.24, 2.45) is 5.92 Å². The van der Waals surface area contributed by atoms with Crippen molar-refractivity contribution in [1.29, 1.82) is 0 Å². The zero-order valence-electron chi connectivity index (χ0n) is 16.0. The van der Waals surface area contributed by atoms with Crippen molar-refractivity contribution in [3.63, 3.8) is 0 Å². The molecule has 0 bridgehead atoms. The monoisotopic (exact) mass is 358 g/mol. The molecule has 4 rings (SSSR count). The molecule has 3 aliphatic rings. The molecule has 2 aliphatic carbocycles. The van der Waals surface area contributed by atoms with Crippen LogP contribution >= 0.6 is 0 Å². The largest absolute Gasteiger partial charge is 0.452 e. The van der Waals surface area contributed by atoms with Crippen LogP contribution in [0.1, 0.15) is 79.2 Å². The summed E-state index contributed by atoms with van der Waals surface area (Å²) in [6.07, 6.45) is 9.51. The second-order valence-corrected chi connectivity index (χ2v) is 8.30. The minimum atomic E-state index is -0.365. The third kappa shape index (κ3) is 3.28. The highest BCUT2D eigenvalue weighted by Crippen LogP contribution is 2.38. The maximum Gasteiger partial charge on any atom is 0.340 e. The van der Waals surface area contributed by atoms with Gasteiger partial charge in [-0.05, 0) is 64.4 Å². The van der Waals surface area contributed by atoms with Gasteiger partial charge in [-0.2, -0.15) is 0 Å². The van der Waals surface area contributed by atoms with Crippen LogP contribution in [-0.4, -0.2) is 40.5 Å². The van der Waals surface area contributed by atoms with Crippen molar-refractivity contribution in [3.8, 4) is 0 Å². The molecule has 142 valence electrons. The second kappa shape index (κ2) is 7.09. The van der Waals surface area contributed by atoms with Gasteiger partial charge in [0.25, 0.3) is 5.91 Å². The van der Waals surface area contributed by atoms with Crippen LogP contribution in [-0.2, 0) is 9.53 Å². The highest BCUT2D eigenvalue weighted by molar-refractivity contribution is 5.92. The van der Waals surface area contributed by atoms with Crippen molar-refractivity contribution in [3.05, 3.63) is 23.0 Å². The van der Waals surface area contributed by atoms with Gasteiger partial charge in [0, 0.05) is 30.0 Å². The minimum absolute atomic E-state index is 0.0223. The van der Waals surface area contributed by atoms with E-state index in [0.717, 1.165) is 30.8 Å². The molecule has 2 heterocycles. The third-order valence-corrected chi connectivity index (χ3v) is 6.51. The molecule has 0 aromatic carbocycles. The third-order valence-electron chi connectivity index (χ3n) is 6.51. The summed E-state index contributed by atoms with van der Waals surface area (Å²) >= 11 is 0. The molecule has 0 N–H and O–H groups in total. The Bertz CT molecular complexity index is 702. The van der Waals surface area contributed by atoms with Gasteiger partial charge in [0.1, 0.15) is 0 Å². The molecule has 2 atom stereocenters. The van der Waals surface area contributed by atoms with E-state index in [0.29, 0.717) is 23.6 Å². The van der Waals surface area contributed by atoms with Gasteiger partial charge in [-0.25, -0.2) is 4.79 Å². The summed E-state index contributed by atoms with van der Waals surface area (Å²) in [4.78, 5) is 27.2. The number of aromatic nitrogens is 1. The SMILES string of the molecule is Cc1cc(C(=O)OCC(=O)N2CCC[C@H]3CCCC[C@@H]32)c(C)n1C1CC1. The first-order valence-corrected chi connectivity index (χ1v) is 10.2. The number of hydrogen-bond acceptors (Lipinski definition) is 3. The maximum absolute atomic E-state index is 12.7. The molecule has 0 spiro atoms. The van der Waals surface area contributed by atoms with Crippen LogP contribution in [0.4, 0.5) is 0 Å². The first-order valence-electron chi connectivity index (χ1n) is 10.2. The fourth-order valence-corrected chi connectivity index (χ4v) is 5.10. The molecule has 1 amide bonds. The number of piperidine rings is 1. The molecule has 5 nitrogen and oxygen atoms in total. The fourth-order valence-electron chi connectivity index (χ4n) is 5.10. The molecule has 0 radical (unpaired) electrons. The predicted octanol–water partition coefficient (Wildman–Crippen LogP) is 3.78. The van der Waals surface area contributed by atoms with Crippen molar-refractivity contribution < 1.29 is 14.3 Å². The highest BCUT2D eigenvalue weighted by atomic mass is 16.5. The van der Waals surface area contributed by atoms with Crippen molar-refractivity contribution in [2.45, 2.75) is 77.3 Å². The van der Waals surface area contributed by atoms with E-state index < -0.39 is 0 Å². The van der Waals surface area contributed by atoms with E-state index in [1.54, 1.807) is 0 Å². The normalized spacial score (nSPS) is 25.7. The maximum atomic E-state index is 12.7. The number of amides is 1. The Labute approximate surface area is 155 Å². The summed E-state index contributed by atoms with van der Waals surface area (Å²) in [5.41, 5.74) is 2.67. The molecule has 1 aliphatic heterocycles. The molecule has 5 heteroatoms. The van der Waals surface area contributed by atoms with Crippen molar-refractivity contribution in [1.82, 2.24) is 9.47 Å². The summed E-state index contributed by atoms with van der Waals surface area (Å²) in [6, 6.07) is 2.80. The zero-order valence-corrected chi connectivity index (χ0v) is 16.0. The molecule has 1 saturated heterocycles. The molecule has 26 heavy (non-hydrogen) atoms. The number of nitrogens with zero attached hydrogens (tertiary/aromatic N) is 2. The smallest absolute Gasteiger partial charge is 0.340 e. The van der Waals surface area contributed by atoms with E-state index in [1.807, 2.05) is 24.8 Å². The van der Waals surface area contributed by atoms with Crippen LogP contribution in [0.3, 0.4) is 0 Å². The van der Waals surface area contributed by atoms with Crippen molar-refractivity contribution in [2.75, 3.05) is 13.2 Å². The number of carbonyl (C=O) groups excluding carboxylic acids is 2. The Morgan fingerprint density at radius 2 is 1.81 bits per heavy atom. The average Bonchev–Trinajstić information content (AvgIpc) is 3.43. The van der Waals surface area contributed by atoms with Crippen LogP contribution in [0.5, 0.6) is 0 Å². The van der Waals surface area contributed by atoms with Crippen LogP contribution in [0.25, 0.3) is 0 Å². The van der Waals surface area contributed by atoms with Gasteiger partial charge >= 0.3 is 5.97 Å². The number of esters is 1. The molecule has 2 saturated carbocycles. The lowest BCUT2D eigenvalue weighted by atomic mass is 9.78. The van der Waals surface area contributed by atoms with Crippen LogP contribution in [0.15, 0.2) is 6.07 Å². The topological polar surface area (TPSA) is 51.5 Å². The van der Waals surface area contributed by atoms with Gasteiger partial charge in [0.05, 0.1) is 5.56 Å². The Balaban J connectivity index is 1.38. The van der Waals surface area contributed by atoms with Crippen LogP contribution in [0, 0.1) is 19.8 Å². The number of aryl methyl sites for hydroxylation is 1. The number of carbonyl (C=O) groups is 2. The number of hydrogen-bond donors (Lipinski definition) is 0. The Morgan fingerprint density at radius 1 is 1.08 bits per heavy atom. The van der Waals surface area contributed by atoms with E-state index in [9.17, 15) is 9.59 Å². The second-order valence-electron chi connectivity index (χ2n) is 8.30. The lowest BCUT2D eigenvalue weighted by Crippen LogP contribution is -2.50. The minimum Gasteiger partial charge on any atom is -0.452 e. The Kier molecular flexibility index (Phi) is 4.80. The number of rotatable bonds is 4. The summed E-state index contributed by atoms with van der Waals surface area (Å²) < 4.78 is 7.66. The first-order chi connectivity index (χ1) is 12.6. The van der Waals surface area contributed by atoms with Crippen LogP contribution < -0.4 is 0 Å². The van der Waals surface area contributed by atoms with Gasteiger partial charge in [0.15, 0.2) is 6.61 Å². The van der Waals surface area contributed by atoms with Crippen molar-refractivity contribution >= 4 is 11.9 Å². The molecule has 1 aromatic heterocycles. The van der Waals surface area contributed by atoms with E-state index in [2.05, 4.69) is 4.57 Å². The lowest BCUT2D eigenvalue weighted by molar-refractivity contribution is -0.140. The highest BCUT2D eigenvalue weighted by Gasteiger charge is 2.36. The molecule has 0 unspecified atom stereocenters. The average molecular weight is 358 g/mol. The van der Waals surface area contributed by atoms with E-state index in [-0.39, 0.29) is 18.5 Å². The van der Waals surface area contributed by atoms with E-state index in [1.165, 1.54) is 38.5 Å². The lowest BCUT2D eigenvalue weighted by Gasteiger charge is -2.44. The summed E-state index contributed by atoms with van der Waals surface area (Å²) in [7, 11) is 0. The Hall–Kier alpha value is -1.78. The number of ether oxygens (including phenoxy) is 1. The summed E-state index contributed by atoms with van der Waals surface area (Å²) in [5, 5.41) is 0. The molecule has 1 aromatic rings. The molecule has 3 fully saturated rings.